The van der Waals surface area contributed by atoms with Crippen molar-refractivity contribution in [3.63, 3.8) is 0 Å². The number of carbonyl (C=O) groups excluding carboxylic acids is 1. The first-order valence-electron chi connectivity index (χ1n) is 15.1. The number of likely N-dealkylation sites (tertiary alicyclic amines) is 1. The van der Waals surface area contributed by atoms with Gasteiger partial charge in [-0.3, -0.25) is 18.7 Å². The van der Waals surface area contributed by atoms with Crippen LogP contribution in [-0.4, -0.2) is 67.5 Å². The van der Waals surface area contributed by atoms with Crippen molar-refractivity contribution in [1.82, 2.24) is 24.3 Å². The van der Waals surface area contributed by atoms with Gasteiger partial charge in [0.25, 0.3) is 5.56 Å². The molecule has 2 aliphatic carbocycles. The minimum atomic E-state index is -1.06. The molecule has 2 bridgehead atoms. The second-order valence-corrected chi connectivity index (χ2v) is 13.4. The number of halogens is 1. The maximum absolute atomic E-state index is 13.5. The third-order valence-electron chi connectivity index (χ3n) is 10.3. The van der Waals surface area contributed by atoms with Crippen LogP contribution in [-0.2, 0) is 16.1 Å². The summed E-state index contributed by atoms with van der Waals surface area (Å²) >= 11 is 6.66. The van der Waals surface area contributed by atoms with E-state index in [0.29, 0.717) is 54.1 Å². The van der Waals surface area contributed by atoms with E-state index in [-0.39, 0.29) is 35.6 Å². The molecule has 9 nitrogen and oxygen atoms in total. The van der Waals surface area contributed by atoms with Gasteiger partial charge in [0.2, 0.25) is 5.91 Å². The number of nitrogens with zero attached hydrogens (tertiary/aromatic N) is 4. The molecule has 3 aliphatic heterocycles. The van der Waals surface area contributed by atoms with E-state index in [2.05, 4.69) is 22.4 Å². The molecule has 5 aliphatic rings. The van der Waals surface area contributed by atoms with E-state index < -0.39 is 5.60 Å². The van der Waals surface area contributed by atoms with Crippen molar-refractivity contribution in [3.05, 3.63) is 57.7 Å². The summed E-state index contributed by atoms with van der Waals surface area (Å²) in [6.07, 6.45) is 9.49. The van der Waals surface area contributed by atoms with Gasteiger partial charge in [-0.1, -0.05) is 23.7 Å². The van der Waals surface area contributed by atoms with Gasteiger partial charge in [-0.25, -0.2) is 4.98 Å². The topological polar surface area (TPSA) is 102 Å². The van der Waals surface area contributed by atoms with E-state index in [1.54, 1.807) is 10.6 Å². The summed E-state index contributed by atoms with van der Waals surface area (Å²) < 4.78 is 9.37. The lowest BCUT2D eigenvalue weighted by Crippen LogP contribution is -2.51. The Balaban J connectivity index is 0.994. The SMILES string of the molecule is O=C(N1CCC(O)(Cn2cnc3c(cc(Cl)n3-c3ccc([C@@H]4NC[C@@H]5CC[C@H]4O5)cc3)c2=O)CC1)C1(C2CC2)CC1. The monoisotopic (exact) mass is 577 g/mol. The van der Waals surface area contributed by atoms with Crippen LogP contribution in [0.2, 0.25) is 5.15 Å². The number of nitrogens with one attached hydrogen (secondary N) is 1. The highest BCUT2D eigenvalue weighted by molar-refractivity contribution is 6.31. The van der Waals surface area contributed by atoms with Crippen molar-refractivity contribution in [3.8, 4) is 5.69 Å². The molecule has 3 saturated heterocycles. The Morgan fingerprint density at radius 3 is 2.56 bits per heavy atom. The van der Waals surface area contributed by atoms with Crippen LogP contribution in [0.25, 0.3) is 16.7 Å². The number of morpholine rings is 1. The Bertz CT molecular complexity index is 1570. The van der Waals surface area contributed by atoms with Crippen molar-refractivity contribution in [2.45, 2.75) is 81.8 Å². The third-order valence-corrected chi connectivity index (χ3v) is 10.6. The normalized spacial score (nSPS) is 28.2. The van der Waals surface area contributed by atoms with Gasteiger partial charge in [0, 0.05) is 25.3 Å². The van der Waals surface area contributed by atoms with E-state index in [0.717, 1.165) is 37.9 Å². The van der Waals surface area contributed by atoms with E-state index in [4.69, 9.17) is 16.3 Å². The lowest BCUT2D eigenvalue weighted by Gasteiger charge is -2.39. The zero-order valence-corrected chi connectivity index (χ0v) is 23.9. The van der Waals surface area contributed by atoms with Crippen molar-refractivity contribution in [2.24, 2.45) is 11.3 Å². The average molecular weight is 578 g/mol. The molecule has 1 aromatic carbocycles. The lowest BCUT2D eigenvalue weighted by atomic mass is 9.89. The maximum Gasteiger partial charge on any atom is 0.262 e. The minimum absolute atomic E-state index is 0.102. The Morgan fingerprint density at radius 1 is 1.10 bits per heavy atom. The van der Waals surface area contributed by atoms with E-state index in [1.807, 2.05) is 17.0 Å². The highest BCUT2D eigenvalue weighted by atomic mass is 35.5. The number of hydrogen-bond acceptors (Lipinski definition) is 6. The Hall–Kier alpha value is -2.72. The molecule has 2 N–H and O–H groups in total. The second-order valence-electron chi connectivity index (χ2n) is 13.0. The van der Waals surface area contributed by atoms with Crippen molar-refractivity contribution < 1.29 is 14.6 Å². The highest BCUT2D eigenvalue weighted by Crippen LogP contribution is 2.62. The van der Waals surface area contributed by atoms with Crippen LogP contribution in [0, 0.1) is 11.3 Å². The number of piperidine rings is 1. The van der Waals surface area contributed by atoms with Crippen LogP contribution in [0.5, 0.6) is 0 Å². The second kappa shape index (κ2) is 9.39. The number of ether oxygens (including phenoxy) is 1. The first-order chi connectivity index (χ1) is 19.8. The number of carbonyl (C=O) groups is 1. The van der Waals surface area contributed by atoms with E-state index >= 15 is 0 Å². The number of aromatic nitrogens is 3. The van der Waals surface area contributed by atoms with Crippen LogP contribution in [0.3, 0.4) is 0 Å². The van der Waals surface area contributed by atoms with Gasteiger partial charge in [-0.05, 0) is 81.0 Å². The number of aliphatic hydroxyl groups is 1. The molecule has 2 saturated carbocycles. The van der Waals surface area contributed by atoms with Crippen LogP contribution in [0.1, 0.15) is 63.0 Å². The fourth-order valence-corrected chi connectivity index (χ4v) is 7.90. The molecule has 3 aromatic rings. The number of amides is 1. The van der Waals surface area contributed by atoms with Gasteiger partial charge in [-0.2, -0.15) is 0 Å². The van der Waals surface area contributed by atoms with Crippen LogP contribution >= 0.6 is 11.6 Å². The fraction of sp³-hybridized carbons (Fsp3) is 0.581. The Morgan fingerprint density at radius 2 is 1.85 bits per heavy atom. The molecule has 216 valence electrons. The quantitative estimate of drug-likeness (QED) is 0.464. The maximum atomic E-state index is 13.5. The zero-order valence-electron chi connectivity index (χ0n) is 23.1. The van der Waals surface area contributed by atoms with Crippen molar-refractivity contribution >= 4 is 28.5 Å². The zero-order chi connectivity index (χ0) is 27.9. The molecule has 5 heterocycles. The van der Waals surface area contributed by atoms with Gasteiger partial charge < -0.3 is 20.1 Å². The molecule has 0 spiro atoms. The summed E-state index contributed by atoms with van der Waals surface area (Å²) in [7, 11) is 0. The first-order valence-corrected chi connectivity index (χ1v) is 15.5. The van der Waals surface area contributed by atoms with E-state index in [9.17, 15) is 14.7 Å². The van der Waals surface area contributed by atoms with Crippen LogP contribution < -0.4 is 10.9 Å². The molecule has 0 unspecified atom stereocenters. The van der Waals surface area contributed by atoms with E-state index in [1.165, 1.54) is 29.3 Å². The fourth-order valence-electron chi connectivity index (χ4n) is 7.61. The molecule has 10 heteroatoms. The third kappa shape index (κ3) is 4.35. The molecule has 1 amide bonds. The largest absolute Gasteiger partial charge is 0.388 e. The number of rotatable bonds is 6. The number of hydrogen-bond donors (Lipinski definition) is 2. The lowest BCUT2D eigenvalue weighted by molar-refractivity contribution is -0.142. The van der Waals surface area contributed by atoms with Gasteiger partial charge in [-0.15, -0.1) is 0 Å². The average Bonchev–Trinajstić information content (AvgIpc) is 3.90. The molecule has 8 rings (SSSR count). The smallest absolute Gasteiger partial charge is 0.262 e. The minimum Gasteiger partial charge on any atom is -0.388 e. The summed E-state index contributed by atoms with van der Waals surface area (Å²) in [4.78, 5) is 33.3. The Labute approximate surface area is 243 Å². The van der Waals surface area contributed by atoms with Crippen molar-refractivity contribution in [1.29, 1.82) is 0 Å². The molecular formula is C31H36ClN5O4. The predicted octanol–water partition coefficient (Wildman–Crippen LogP) is 3.58. The summed E-state index contributed by atoms with van der Waals surface area (Å²) in [6.45, 7) is 2.06. The van der Waals surface area contributed by atoms with Gasteiger partial charge in [0.1, 0.15) is 11.5 Å². The molecule has 5 fully saturated rings. The van der Waals surface area contributed by atoms with Crippen LogP contribution in [0.15, 0.2) is 41.5 Å². The summed E-state index contributed by atoms with van der Waals surface area (Å²) in [5.41, 5.74) is 1.09. The number of fused-ring (bicyclic) bond motifs is 3. The first kappa shape index (κ1) is 25.9. The summed E-state index contributed by atoms with van der Waals surface area (Å²) in [6, 6.07) is 10.0. The highest BCUT2D eigenvalue weighted by Gasteiger charge is 2.60. The molecule has 2 aromatic heterocycles. The van der Waals surface area contributed by atoms with Crippen LogP contribution in [0.4, 0.5) is 0 Å². The molecular weight excluding hydrogens is 542 g/mol. The standard InChI is InChI=1S/C31H36ClN5O4/c32-25-15-23-27(37(25)21-5-1-19(2-6-21)26-24-8-7-22(41-24)16-33-26)34-18-36(28(23)38)17-30(40)11-13-35(14-12-30)29(39)31(9-10-31)20-3-4-20/h1-2,5-6,15,18,20,22,24,26,33,40H,3-4,7-14,16-17H2/t22-,24+,26-/m0/s1. The summed E-state index contributed by atoms with van der Waals surface area (Å²) in [5.74, 6) is 0.852. The molecule has 3 atom stereocenters. The van der Waals surface area contributed by atoms with Gasteiger partial charge >= 0.3 is 0 Å². The summed E-state index contributed by atoms with van der Waals surface area (Å²) in [5, 5.41) is 15.8. The van der Waals surface area contributed by atoms with Gasteiger partial charge in [0.15, 0.2) is 5.65 Å². The number of benzene rings is 1. The predicted molar refractivity (Wildman–Crippen MR) is 154 cm³/mol. The molecule has 41 heavy (non-hydrogen) atoms. The molecule has 0 radical (unpaired) electrons. The Kier molecular flexibility index (Phi) is 5.94. The van der Waals surface area contributed by atoms with Crippen molar-refractivity contribution in [2.75, 3.05) is 19.6 Å². The van der Waals surface area contributed by atoms with Gasteiger partial charge in [0.05, 0.1) is 41.2 Å².